The predicted octanol–water partition coefficient (Wildman–Crippen LogP) is 16.4. The largest absolute Gasteiger partial charge is 0.501 e. The number of halogens is 1. The Bertz CT molecular complexity index is 3720. The summed E-state index contributed by atoms with van der Waals surface area (Å²) < 4.78 is 150. The van der Waals surface area contributed by atoms with E-state index in [2.05, 4.69) is 35.9 Å². The Hall–Kier alpha value is -6.00. The monoisotopic (exact) mass is 1030 g/mol. The number of nitrogens with zero attached hydrogens (tertiary/aromatic N) is 2. The van der Waals surface area contributed by atoms with Crippen LogP contribution in [0.25, 0.3) is 77.8 Å². The fraction of sp³-hybridized carbons (Fsp3) is 0.220. The SMILES string of the molecule is [2H]C([2H])([2H])c1cc(C2([2H])CCC(C)(C)CC2)ccc1-c1ccc(-c2cc(-c3[c-]ccc4c3oc3cc(-c5ccccc5)ccc34)ncc2C([2H])([2H])[2H])c(C([2H])([2H])[2H])c1.[2H]C([2H])([2H])c1cnc(-c2[c-]cc(F)cc2)cc1C([2H])([2H])[2H].[Ir]. The fourth-order valence-corrected chi connectivity index (χ4v) is 8.20. The van der Waals surface area contributed by atoms with E-state index in [-0.39, 0.29) is 70.2 Å². The standard InChI is InChI=1S/C46H42NO.C13H11FN.Ir/c1-29-24-34(33-20-22-46(4,5)23-21-33)14-17-37(29)36-16-18-38(30(2)25-36)42-27-43(47-28-31(42)3)41-13-9-12-40-39-19-15-35(26-44(39)48-45(40)41)32-10-7-6-8-11-32;1-9-7-13(15-8-10(9)2)11-3-5-12(14)6-4-11;/h6-12,14-19,24-28,33H,20-23H2,1-5H3;3,5-8H,1-2H3;/q2*-1;/i1D3,2D3,3D3,33D;1D3,2D3;. The van der Waals surface area contributed by atoms with Gasteiger partial charge in [-0.15, -0.1) is 48.0 Å². The zero-order valence-corrected chi connectivity index (χ0v) is 37.5. The molecule has 0 atom stereocenters. The van der Waals surface area contributed by atoms with Crippen LogP contribution in [0.2, 0.25) is 0 Å². The molecule has 323 valence electrons. The van der Waals surface area contributed by atoms with Gasteiger partial charge in [0.25, 0.3) is 0 Å². The summed E-state index contributed by atoms with van der Waals surface area (Å²) in [5, 5.41) is 1.70. The molecular formula is C59H53FIrN2O-2. The molecular weight excluding hydrogens is 964 g/mol. The molecule has 3 heterocycles. The first-order chi connectivity index (χ1) is 36.8. The van der Waals surface area contributed by atoms with E-state index in [1.807, 2.05) is 54.6 Å². The molecule has 0 aliphatic heterocycles. The number of benzene rings is 6. The van der Waals surface area contributed by atoms with E-state index in [1.165, 1.54) is 30.5 Å². The van der Waals surface area contributed by atoms with Crippen LogP contribution in [-0.4, -0.2) is 9.97 Å². The van der Waals surface area contributed by atoms with Crippen molar-refractivity contribution in [2.24, 2.45) is 5.41 Å². The smallest absolute Gasteiger partial charge is 0.121 e. The molecule has 5 heteroatoms. The van der Waals surface area contributed by atoms with Crippen molar-refractivity contribution >= 4 is 21.9 Å². The maximum Gasteiger partial charge on any atom is 0.121 e. The van der Waals surface area contributed by atoms with E-state index in [0.717, 1.165) is 47.0 Å². The zero-order valence-electron chi connectivity index (χ0n) is 51.1. The zero-order chi connectivity index (χ0) is 57.3. The van der Waals surface area contributed by atoms with Crippen molar-refractivity contribution in [3.63, 3.8) is 0 Å². The van der Waals surface area contributed by atoms with Gasteiger partial charge in [0.2, 0.25) is 0 Å². The second-order valence-electron chi connectivity index (χ2n) is 16.7. The Kier molecular flexibility index (Phi) is 8.35. The minimum absolute atomic E-state index is 0. The maximum atomic E-state index is 12.9. The van der Waals surface area contributed by atoms with Crippen LogP contribution in [0, 0.1) is 57.6 Å². The molecule has 0 spiro atoms. The molecule has 9 aromatic rings. The summed E-state index contributed by atoms with van der Waals surface area (Å²) in [6.45, 7) is -8.71. The predicted molar refractivity (Wildman–Crippen MR) is 259 cm³/mol. The first-order valence-electron chi connectivity index (χ1n) is 28.7. The molecule has 3 nitrogen and oxygen atoms in total. The molecule has 0 saturated heterocycles. The minimum atomic E-state index is -2.72. The summed E-state index contributed by atoms with van der Waals surface area (Å²) in [6.07, 6.45) is 5.19. The number of hydrogen-bond donors (Lipinski definition) is 0. The van der Waals surface area contributed by atoms with Crippen molar-refractivity contribution in [1.29, 1.82) is 0 Å². The molecule has 1 aliphatic rings. The molecule has 0 amide bonds. The summed E-state index contributed by atoms with van der Waals surface area (Å²) in [5.41, 5.74) is 5.52. The van der Waals surface area contributed by atoms with Crippen molar-refractivity contribution in [3.05, 3.63) is 191 Å². The topological polar surface area (TPSA) is 38.9 Å². The van der Waals surface area contributed by atoms with E-state index >= 15 is 0 Å². The van der Waals surface area contributed by atoms with Crippen molar-refractivity contribution in [2.45, 2.75) is 79.7 Å². The van der Waals surface area contributed by atoms with Crippen LogP contribution in [-0.2, 0) is 20.1 Å². The molecule has 1 saturated carbocycles. The van der Waals surface area contributed by atoms with Gasteiger partial charge in [0, 0.05) is 65.6 Å². The van der Waals surface area contributed by atoms with E-state index in [1.54, 1.807) is 42.5 Å². The molecule has 6 aromatic carbocycles. The molecule has 1 fully saturated rings. The number of pyridine rings is 2. The Balaban J connectivity index is 0.000000322. The molecule has 0 N–H and O–H groups in total. The van der Waals surface area contributed by atoms with Gasteiger partial charge in [-0.25, -0.2) is 0 Å². The second-order valence-corrected chi connectivity index (χ2v) is 16.7. The molecule has 1 aliphatic carbocycles. The maximum absolute atomic E-state index is 12.9. The van der Waals surface area contributed by atoms with Gasteiger partial charge in [-0.1, -0.05) is 121 Å². The fourth-order valence-electron chi connectivity index (χ4n) is 8.20. The summed E-state index contributed by atoms with van der Waals surface area (Å²) >= 11 is 0. The average Bonchev–Trinajstić information content (AvgIpc) is 3.87. The van der Waals surface area contributed by atoms with Crippen LogP contribution in [0.5, 0.6) is 0 Å². The molecule has 10 rings (SSSR count). The van der Waals surface area contributed by atoms with Crippen molar-refractivity contribution in [2.75, 3.05) is 0 Å². The van der Waals surface area contributed by atoms with Crippen LogP contribution in [0.4, 0.5) is 4.39 Å². The van der Waals surface area contributed by atoms with Crippen molar-refractivity contribution in [3.8, 4) is 55.9 Å². The van der Waals surface area contributed by atoms with Crippen LogP contribution >= 0.6 is 0 Å². The molecule has 0 unspecified atom stereocenters. The second kappa shape index (κ2) is 18.6. The Labute approximate surface area is 413 Å². The first kappa shape index (κ1) is 28.7. The van der Waals surface area contributed by atoms with Crippen LogP contribution in [0.1, 0.15) is 101 Å². The Morgan fingerprint density at radius 1 is 0.641 bits per heavy atom. The number of aryl methyl sites for hydroxylation is 5. The van der Waals surface area contributed by atoms with Gasteiger partial charge in [0.05, 0.1) is 5.58 Å². The number of fused-ring (bicyclic) bond motifs is 3. The third-order valence-corrected chi connectivity index (χ3v) is 11.9. The molecule has 3 aromatic heterocycles. The van der Waals surface area contributed by atoms with Gasteiger partial charge >= 0.3 is 0 Å². The van der Waals surface area contributed by atoms with Crippen molar-refractivity contribution in [1.82, 2.24) is 9.97 Å². The van der Waals surface area contributed by atoms with Crippen LogP contribution in [0.3, 0.4) is 0 Å². The van der Waals surface area contributed by atoms with E-state index in [9.17, 15) is 5.76 Å². The van der Waals surface area contributed by atoms with Gasteiger partial charge < -0.3 is 14.4 Å². The van der Waals surface area contributed by atoms with Gasteiger partial charge in [-0.3, -0.25) is 4.39 Å². The van der Waals surface area contributed by atoms with Crippen LogP contribution in [0.15, 0.2) is 144 Å². The third-order valence-electron chi connectivity index (χ3n) is 11.9. The quantitative estimate of drug-likeness (QED) is 0.156. The van der Waals surface area contributed by atoms with E-state index < -0.39 is 46.0 Å². The Morgan fingerprint density at radius 3 is 2.14 bits per heavy atom. The van der Waals surface area contributed by atoms with Gasteiger partial charge in [0.15, 0.2) is 0 Å². The first-order valence-corrected chi connectivity index (χ1v) is 20.7. The number of furan rings is 1. The number of rotatable bonds is 6. The van der Waals surface area contributed by atoms with E-state index in [4.69, 9.17) is 25.0 Å². The van der Waals surface area contributed by atoms with Gasteiger partial charge in [-0.2, -0.15) is 0 Å². The molecule has 1 radical (unpaired) electrons. The Morgan fingerprint density at radius 2 is 1.38 bits per heavy atom. The normalized spacial score (nSPS) is 18.8. The van der Waals surface area contributed by atoms with Gasteiger partial charge in [-0.05, 0) is 150 Å². The van der Waals surface area contributed by atoms with Crippen molar-refractivity contribution < 1.29 is 50.8 Å². The summed E-state index contributed by atoms with van der Waals surface area (Å²) in [4.78, 5) is 8.53. The van der Waals surface area contributed by atoms with Crippen LogP contribution < -0.4 is 0 Å². The summed E-state index contributed by atoms with van der Waals surface area (Å²) in [6, 6.07) is 41.6. The third kappa shape index (κ3) is 9.29. The number of hydrogen-bond acceptors (Lipinski definition) is 3. The van der Waals surface area contributed by atoms with Gasteiger partial charge in [0.1, 0.15) is 5.58 Å². The molecule has 64 heavy (non-hydrogen) atoms. The van der Waals surface area contributed by atoms with E-state index in [0.29, 0.717) is 57.5 Å². The molecule has 0 bridgehead atoms. The average molecular weight is 1030 g/mol. The summed E-state index contributed by atoms with van der Waals surface area (Å²) in [7, 11) is 0. The summed E-state index contributed by atoms with van der Waals surface area (Å²) in [5.74, 6) is -1.41. The minimum Gasteiger partial charge on any atom is -0.501 e. The number of aromatic nitrogens is 2.